The molecule has 2 atom stereocenters. The molecule has 1 saturated heterocycles. The van der Waals surface area contributed by atoms with Gasteiger partial charge in [-0.2, -0.15) is 4.31 Å². The number of nitrogens with one attached hydrogen (secondary N) is 1. The van der Waals surface area contributed by atoms with Crippen LogP contribution in [0.15, 0.2) is 0 Å². The molecule has 18 heavy (non-hydrogen) atoms. The molecule has 108 valence electrons. The molecule has 0 bridgehead atoms. The van der Waals surface area contributed by atoms with E-state index in [9.17, 15) is 13.2 Å². The predicted octanol–water partition coefficient (Wildman–Crippen LogP) is -0.314. The Labute approximate surface area is 115 Å². The van der Waals surface area contributed by atoms with Crippen LogP contribution in [0.25, 0.3) is 0 Å². The van der Waals surface area contributed by atoms with Gasteiger partial charge in [0.25, 0.3) is 0 Å². The van der Waals surface area contributed by atoms with Gasteiger partial charge < -0.3 is 11.1 Å². The summed E-state index contributed by atoms with van der Waals surface area (Å²) in [5.74, 6) is -0.125. The highest BCUT2D eigenvalue weighted by Gasteiger charge is 2.31. The smallest absolute Gasteiger partial charge is 0.221 e. The first-order valence-corrected chi connectivity index (χ1v) is 7.64. The zero-order valence-electron chi connectivity index (χ0n) is 10.8. The minimum Gasteiger partial charge on any atom is -0.354 e. The van der Waals surface area contributed by atoms with Gasteiger partial charge in [0.15, 0.2) is 0 Å². The molecular formula is C10H22ClN3O3S. The Morgan fingerprint density at radius 3 is 2.67 bits per heavy atom. The van der Waals surface area contributed by atoms with Crippen LogP contribution in [0, 0.1) is 0 Å². The van der Waals surface area contributed by atoms with Crippen LogP contribution in [-0.2, 0) is 14.8 Å². The van der Waals surface area contributed by atoms with E-state index >= 15 is 0 Å². The molecule has 8 heteroatoms. The number of carbonyl (C=O) groups is 1. The molecule has 0 aromatic heterocycles. The second-order valence-corrected chi connectivity index (χ2v) is 6.59. The fourth-order valence-corrected chi connectivity index (χ4v) is 3.23. The number of hydrogen-bond acceptors (Lipinski definition) is 4. The van der Waals surface area contributed by atoms with E-state index < -0.39 is 10.0 Å². The van der Waals surface area contributed by atoms with Gasteiger partial charge in [-0.3, -0.25) is 4.79 Å². The van der Waals surface area contributed by atoms with Gasteiger partial charge in [-0.25, -0.2) is 8.42 Å². The molecule has 0 saturated carbocycles. The first-order chi connectivity index (χ1) is 7.80. The highest BCUT2D eigenvalue weighted by atomic mass is 35.5. The van der Waals surface area contributed by atoms with Crippen molar-refractivity contribution in [2.24, 2.45) is 5.73 Å². The van der Waals surface area contributed by atoms with Crippen LogP contribution in [0.1, 0.15) is 26.2 Å². The highest BCUT2D eigenvalue weighted by Crippen LogP contribution is 2.19. The van der Waals surface area contributed by atoms with Gasteiger partial charge >= 0.3 is 0 Å². The summed E-state index contributed by atoms with van der Waals surface area (Å²) in [5.41, 5.74) is 5.51. The molecule has 0 radical (unpaired) electrons. The number of sulfonamides is 1. The van der Waals surface area contributed by atoms with Crippen LogP contribution in [0.5, 0.6) is 0 Å². The zero-order chi connectivity index (χ0) is 13.1. The SMILES string of the molecule is CC(N)CC(=O)NC[C@H]1CCCN1S(C)(=O)=O.Cl. The summed E-state index contributed by atoms with van der Waals surface area (Å²) in [4.78, 5) is 11.4. The maximum absolute atomic E-state index is 11.5. The number of nitrogens with zero attached hydrogens (tertiary/aromatic N) is 1. The topological polar surface area (TPSA) is 92.5 Å². The molecular weight excluding hydrogens is 278 g/mol. The molecule has 1 rings (SSSR count). The van der Waals surface area contributed by atoms with Crippen molar-refractivity contribution in [1.29, 1.82) is 0 Å². The first-order valence-electron chi connectivity index (χ1n) is 5.80. The Balaban J connectivity index is 0.00000289. The number of rotatable bonds is 5. The summed E-state index contributed by atoms with van der Waals surface area (Å²) in [5, 5.41) is 2.73. The lowest BCUT2D eigenvalue weighted by molar-refractivity contribution is -0.121. The molecule has 1 heterocycles. The molecule has 1 unspecified atom stereocenters. The van der Waals surface area contributed by atoms with Crippen molar-refractivity contribution >= 4 is 28.3 Å². The van der Waals surface area contributed by atoms with Crippen molar-refractivity contribution in [2.45, 2.75) is 38.3 Å². The second kappa shape index (κ2) is 7.28. The molecule has 0 aromatic rings. The lowest BCUT2D eigenvalue weighted by Gasteiger charge is -2.22. The van der Waals surface area contributed by atoms with Gasteiger partial charge in [0.1, 0.15) is 0 Å². The van der Waals surface area contributed by atoms with Gasteiger partial charge in [0.2, 0.25) is 15.9 Å². The maximum atomic E-state index is 11.5. The number of amides is 1. The Hall–Kier alpha value is -0.370. The second-order valence-electron chi connectivity index (χ2n) is 4.66. The van der Waals surface area contributed by atoms with Crippen molar-refractivity contribution in [2.75, 3.05) is 19.3 Å². The highest BCUT2D eigenvalue weighted by molar-refractivity contribution is 7.88. The normalized spacial score (nSPS) is 22.3. The standard InChI is InChI=1S/C10H21N3O3S.ClH/c1-8(11)6-10(14)12-7-9-4-3-5-13(9)17(2,15)16;/h8-9H,3-7,11H2,1-2H3,(H,12,14);1H/t8?,9-;/m1./s1. The molecule has 1 aliphatic rings. The summed E-state index contributed by atoms with van der Waals surface area (Å²) < 4.78 is 24.4. The lowest BCUT2D eigenvalue weighted by Crippen LogP contribution is -2.43. The Kier molecular flexibility index (Phi) is 7.13. The van der Waals surface area contributed by atoms with Gasteiger partial charge in [-0.1, -0.05) is 0 Å². The fraction of sp³-hybridized carbons (Fsp3) is 0.900. The Bertz CT molecular complexity index is 373. The molecule has 1 aliphatic heterocycles. The number of hydrogen-bond donors (Lipinski definition) is 2. The van der Waals surface area contributed by atoms with E-state index in [0.29, 0.717) is 13.1 Å². The van der Waals surface area contributed by atoms with Crippen LogP contribution in [0.4, 0.5) is 0 Å². The quantitative estimate of drug-likeness (QED) is 0.728. The van der Waals surface area contributed by atoms with E-state index in [1.54, 1.807) is 6.92 Å². The van der Waals surface area contributed by atoms with Crippen LogP contribution in [-0.4, -0.2) is 50.1 Å². The minimum absolute atomic E-state index is 0. The van der Waals surface area contributed by atoms with E-state index in [-0.39, 0.29) is 36.8 Å². The van der Waals surface area contributed by atoms with E-state index in [1.807, 2.05) is 0 Å². The summed E-state index contributed by atoms with van der Waals surface area (Å²) >= 11 is 0. The van der Waals surface area contributed by atoms with Crippen LogP contribution < -0.4 is 11.1 Å². The largest absolute Gasteiger partial charge is 0.354 e. The van der Waals surface area contributed by atoms with E-state index in [2.05, 4.69) is 5.32 Å². The third-order valence-electron chi connectivity index (χ3n) is 2.79. The van der Waals surface area contributed by atoms with Crippen LogP contribution >= 0.6 is 12.4 Å². The molecule has 1 amide bonds. The lowest BCUT2D eigenvalue weighted by atomic mass is 10.2. The van der Waals surface area contributed by atoms with E-state index in [4.69, 9.17) is 5.73 Å². The average Bonchev–Trinajstić information content (AvgIpc) is 2.60. The van der Waals surface area contributed by atoms with Crippen molar-refractivity contribution in [3.8, 4) is 0 Å². The fourth-order valence-electron chi connectivity index (χ4n) is 2.05. The molecule has 0 aromatic carbocycles. The first kappa shape index (κ1) is 17.6. The van der Waals surface area contributed by atoms with Crippen molar-refractivity contribution in [3.63, 3.8) is 0 Å². The van der Waals surface area contributed by atoms with Crippen LogP contribution in [0.3, 0.4) is 0 Å². The van der Waals surface area contributed by atoms with Crippen molar-refractivity contribution < 1.29 is 13.2 Å². The molecule has 3 N–H and O–H groups in total. The number of halogens is 1. The summed E-state index contributed by atoms with van der Waals surface area (Å²) in [7, 11) is -3.17. The Morgan fingerprint density at radius 1 is 1.56 bits per heavy atom. The van der Waals surface area contributed by atoms with Crippen molar-refractivity contribution in [3.05, 3.63) is 0 Å². The number of carbonyl (C=O) groups excluding carboxylic acids is 1. The van der Waals surface area contributed by atoms with Gasteiger partial charge in [-0.05, 0) is 19.8 Å². The summed E-state index contributed by atoms with van der Waals surface area (Å²) in [6.45, 7) is 2.68. The summed E-state index contributed by atoms with van der Waals surface area (Å²) in [6.07, 6.45) is 3.12. The average molecular weight is 300 g/mol. The third-order valence-corrected chi connectivity index (χ3v) is 4.12. The monoisotopic (exact) mass is 299 g/mol. The molecule has 1 fully saturated rings. The number of nitrogens with two attached hydrogens (primary N) is 1. The predicted molar refractivity (Wildman–Crippen MR) is 73.1 cm³/mol. The zero-order valence-corrected chi connectivity index (χ0v) is 12.4. The molecule has 6 nitrogen and oxygen atoms in total. The minimum atomic E-state index is -3.17. The van der Waals surface area contributed by atoms with E-state index in [1.165, 1.54) is 10.6 Å². The van der Waals surface area contributed by atoms with Gasteiger partial charge in [0, 0.05) is 31.6 Å². The Morgan fingerprint density at radius 2 is 2.17 bits per heavy atom. The van der Waals surface area contributed by atoms with Gasteiger partial charge in [0.05, 0.1) is 6.26 Å². The third kappa shape index (κ3) is 5.51. The molecule has 0 spiro atoms. The van der Waals surface area contributed by atoms with Crippen LogP contribution in [0.2, 0.25) is 0 Å². The van der Waals surface area contributed by atoms with E-state index in [0.717, 1.165) is 12.8 Å². The van der Waals surface area contributed by atoms with Gasteiger partial charge in [-0.15, -0.1) is 12.4 Å². The maximum Gasteiger partial charge on any atom is 0.221 e. The van der Waals surface area contributed by atoms with Crippen molar-refractivity contribution in [1.82, 2.24) is 9.62 Å². The summed E-state index contributed by atoms with van der Waals surface area (Å²) in [6, 6.07) is -0.286. The molecule has 0 aliphatic carbocycles.